The standard InChI is InChI=1S/C47H60N8O14S.Gd/c56-36(23-32(46(68)69)4-1-2-14-55-39(57)11-12-40(55)58)24-48-45(67)38-6-3-5-33-25-54(15-13-37(33)38)47(70)49-34-9-7-31(8-10-34)22-35-26-52(29-43(63)64)19-18-50(27-41(59)60)16-17-51(28-42(61)62)20-21-53(35)30-44(65)66;/h3,5-12,32,35H,1-2,4,13-30H2,(H,48,67)(H,49,70)(H,59,60)(H,61,62)(H,63,64)(H,65,66)(H,68,69);/t32-,35?;/m1./s1. The number of hydrogen-bond acceptors (Lipinski definition) is 14. The van der Waals surface area contributed by atoms with Gasteiger partial charge in [0.2, 0.25) is 0 Å². The van der Waals surface area contributed by atoms with Crippen molar-refractivity contribution >= 4 is 76.4 Å². The summed E-state index contributed by atoms with van der Waals surface area (Å²) in [6, 6.07) is 12.1. The number of aliphatic carboxylic acids is 5. The van der Waals surface area contributed by atoms with Crippen LogP contribution in [-0.4, -0.2) is 211 Å². The zero-order chi connectivity index (χ0) is 50.9. The number of fused-ring (bicyclic) bond motifs is 1. The van der Waals surface area contributed by atoms with Gasteiger partial charge in [0.1, 0.15) is 0 Å². The molecule has 2 atom stereocenters. The van der Waals surface area contributed by atoms with Crippen molar-refractivity contribution in [2.24, 2.45) is 5.92 Å². The quantitative estimate of drug-likeness (QED) is 0.0477. The fourth-order valence-electron chi connectivity index (χ4n) is 8.80. The molecule has 2 aromatic rings. The molecule has 3 amide bonds. The summed E-state index contributed by atoms with van der Waals surface area (Å²) in [5.41, 5.74) is 3.50. The monoisotopic (exact) mass is 1150 g/mol. The third-order valence-electron chi connectivity index (χ3n) is 12.4. The van der Waals surface area contributed by atoms with Crippen LogP contribution in [0.25, 0.3) is 0 Å². The molecule has 0 saturated carbocycles. The molecule has 0 radical (unpaired) electrons. The van der Waals surface area contributed by atoms with Crippen LogP contribution in [0.3, 0.4) is 0 Å². The second kappa shape index (κ2) is 28.6. The van der Waals surface area contributed by atoms with Crippen molar-refractivity contribution in [3.05, 3.63) is 76.9 Å². The van der Waals surface area contributed by atoms with E-state index >= 15 is 0 Å². The number of imide groups is 1. The Hall–Kier alpha value is -5.34. The molecule has 7 N–H and O–H groups in total. The third kappa shape index (κ3) is 19.0. The Balaban J connectivity index is 0.0000110. The average Bonchev–Trinajstić information content (AvgIpc) is 3.62. The number of carbonyl (C=O) groups excluding carboxylic acids is 4. The minimum atomic E-state index is -1.15. The first-order valence-electron chi connectivity index (χ1n) is 22.9. The summed E-state index contributed by atoms with van der Waals surface area (Å²) in [6.07, 6.45) is 3.75. The summed E-state index contributed by atoms with van der Waals surface area (Å²) in [5, 5.41) is 54.8. The molecule has 0 bridgehead atoms. The Morgan fingerprint density at radius 3 is 1.87 bits per heavy atom. The van der Waals surface area contributed by atoms with E-state index in [-0.39, 0.29) is 138 Å². The number of hydrogen-bond donors (Lipinski definition) is 7. The maximum absolute atomic E-state index is 13.4. The first kappa shape index (κ1) is 58.2. The van der Waals surface area contributed by atoms with E-state index in [1.807, 2.05) is 35.2 Å². The van der Waals surface area contributed by atoms with Gasteiger partial charge in [-0.2, -0.15) is 0 Å². The Morgan fingerprint density at radius 2 is 1.28 bits per heavy atom. The number of anilines is 1. The number of nitrogens with zero attached hydrogens (tertiary/aromatic N) is 6. The Labute approximate surface area is 447 Å². The maximum atomic E-state index is 13.4. The smallest absolute Gasteiger partial charge is 0.317 e. The summed E-state index contributed by atoms with van der Waals surface area (Å²) in [4.78, 5) is 119. The van der Waals surface area contributed by atoms with Gasteiger partial charge in [-0.05, 0) is 72.8 Å². The summed E-state index contributed by atoms with van der Waals surface area (Å²) < 4.78 is 0. The van der Waals surface area contributed by atoms with E-state index in [0.29, 0.717) is 55.1 Å². The molecule has 3 aliphatic rings. The Kier molecular flexibility index (Phi) is 23.5. The number of carbonyl (C=O) groups is 9. The molecule has 2 aromatic carbocycles. The zero-order valence-corrected chi connectivity index (χ0v) is 42.1. The molecule has 1 fully saturated rings. The number of carboxylic acids is 5. The van der Waals surface area contributed by atoms with Crippen LogP contribution < -0.4 is 10.6 Å². The molecule has 0 spiro atoms. The van der Waals surface area contributed by atoms with Crippen molar-refractivity contribution in [1.29, 1.82) is 0 Å². The minimum absolute atomic E-state index is 0. The second-order valence-corrected chi connectivity index (χ2v) is 17.9. The van der Waals surface area contributed by atoms with Crippen LogP contribution in [0.5, 0.6) is 0 Å². The van der Waals surface area contributed by atoms with Crippen LogP contribution in [0.15, 0.2) is 54.6 Å². The fraction of sp³-hybridized carbons (Fsp3) is 0.489. The summed E-state index contributed by atoms with van der Waals surface area (Å²) in [6.45, 7) is 0.432. The van der Waals surface area contributed by atoms with E-state index in [4.69, 9.17) is 12.2 Å². The summed E-state index contributed by atoms with van der Waals surface area (Å²) in [7, 11) is 0. The number of carboxylic acid groups (broad SMARTS) is 5. The largest absolute Gasteiger partial charge is 0.481 e. The van der Waals surface area contributed by atoms with Crippen molar-refractivity contribution in [3.8, 4) is 0 Å². The molecule has 386 valence electrons. The zero-order valence-electron chi connectivity index (χ0n) is 39.1. The number of Topliss-reactive ketones (excluding diaryl/α,β-unsaturated/α-hetero) is 1. The van der Waals surface area contributed by atoms with Crippen LogP contribution in [0.2, 0.25) is 0 Å². The molecule has 3 heterocycles. The summed E-state index contributed by atoms with van der Waals surface area (Å²) in [5.74, 6) is -8.28. The van der Waals surface area contributed by atoms with Crippen LogP contribution >= 0.6 is 12.2 Å². The van der Waals surface area contributed by atoms with Gasteiger partial charge in [0.25, 0.3) is 17.7 Å². The predicted octanol–water partition coefficient (Wildman–Crippen LogP) is 0.398. The van der Waals surface area contributed by atoms with E-state index in [1.165, 1.54) is 12.2 Å². The number of unbranched alkanes of at least 4 members (excludes halogenated alkanes) is 1. The van der Waals surface area contributed by atoms with Gasteiger partial charge in [-0.15, -0.1) is 0 Å². The van der Waals surface area contributed by atoms with Gasteiger partial charge < -0.3 is 41.1 Å². The van der Waals surface area contributed by atoms with Gasteiger partial charge >= 0.3 is 29.8 Å². The third-order valence-corrected chi connectivity index (χ3v) is 12.8. The number of amides is 3. The molecule has 5 rings (SSSR count). The minimum Gasteiger partial charge on any atom is -0.481 e. The fourth-order valence-corrected chi connectivity index (χ4v) is 9.07. The van der Waals surface area contributed by atoms with E-state index < -0.39 is 65.3 Å². The number of rotatable bonds is 22. The van der Waals surface area contributed by atoms with Gasteiger partial charge in [-0.1, -0.05) is 30.7 Å². The topological polar surface area (TPSA) is 298 Å². The SMILES string of the molecule is O=C(O)CN1CCN(CC(=O)O)CCN(CC(=O)O)C(Cc2ccc(NC(=S)N3CCc4c(cccc4C(=O)NCC(=O)C[C@@H](CCCCN4C(=O)C=CC4=O)C(=O)O)C3)cc2)CN(CC(=O)O)CC1.[Gd]. The van der Waals surface area contributed by atoms with E-state index in [0.717, 1.165) is 21.6 Å². The average molecular weight is 1150 g/mol. The molecular weight excluding hydrogens is 1090 g/mol. The number of nitrogens with one attached hydrogen (secondary N) is 2. The van der Waals surface area contributed by atoms with Gasteiger partial charge in [-0.3, -0.25) is 67.7 Å². The van der Waals surface area contributed by atoms with Gasteiger partial charge in [-0.25, -0.2) is 0 Å². The van der Waals surface area contributed by atoms with Crippen LogP contribution in [-0.2, 0) is 57.7 Å². The van der Waals surface area contributed by atoms with Crippen LogP contribution in [0, 0.1) is 45.9 Å². The van der Waals surface area contributed by atoms with Crippen LogP contribution in [0.1, 0.15) is 52.7 Å². The Morgan fingerprint density at radius 1 is 0.704 bits per heavy atom. The number of benzene rings is 2. The van der Waals surface area contributed by atoms with Crippen molar-refractivity contribution < 1.29 is 109 Å². The van der Waals surface area contributed by atoms with Gasteiger partial charge in [0.05, 0.1) is 38.6 Å². The molecular formula is C47H60GdN8O14S. The molecule has 3 aliphatic heterocycles. The molecule has 24 heteroatoms. The first-order valence-corrected chi connectivity index (χ1v) is 23.4. The van der Waals surface area contributed by atoms with Crippen LogP contribution in [0.4, 0.5) is 5.69 Å². The second-order valence-electron chi connectivity index (χ2n) is 17.6. The van der Waals surface area contributed by atoms with Crippen molar-refractivity contribution in [1.82, 2.24) is 34.7 Å². The van der Waals surface area contributed by atoms with E-state index in [2.05, 4.69) is 10.6 Å². The van der Waals surface area contributed by atoms with E-state index in [1.54, 1.807) is 31.7 Å². The Bertz CT molecular complexity index is 2300. The van der Waals surface area contributed by atoms with Crippen molar-refractivity contribution in [2.75, 3.05) is 96.9 Å². The summed E-state index contributed by atoms with van der Waals surface area (Å²) >= 11 is 5.80. The molecule has 1 saturated heterocycles. The number of ketones is 1. The number of thiocarbonyl (C=S) groups is 1. The predicted molar refractivity (Wildman–Crippen MR) is 255 cm³/mol. The first-order chi connectivity index (χ1) is 33.3. The molecule has 71 heavy (non-hydrogen) atoms. The van der Waals surface area contributed by atoms with Gasteiger partial charge in [0.15, 0.2) is 10.9 Å². The molecule has 0 aliphatic carbocycles. The molecule has 22 nitrogen and oxygen atoms in total. The van der Waals surface area contributed by atoms with E-state index in [9.17, 15) is 68.7 Å². The normalized spacial score (nSPS) is 17.8. The van der Waals surface area contributed by atoms with Gasteiger partial charge in [0, 0.05) is 141 Å². The van der Waals surface area contributed by atoms with Crippen molar-refractivity contribution in [3.63, 3.8) is 0 Å². The maximum Gasteiger partial charge on any atom is 0.317 e. The van der Waals surface area contributed by atoms with Crippen molar-refractivity contribution in [2.45, 2.75) is 51.1 Å². The molecule has 1 unspecified atom stereocenters. The molecule has 0 aromatic heterocycles.